The van der Waals surface area contributed by atoms with Crippen LogP contribution in [0.1, 0.15) is 38.5 Å². The molecule has 0 fully saturated rings. The Labute approximate surface area is 481 Å². The van der Waals surface area contributed by atoms with E-state index in [9.17, 15) is 89.1 Å². The third-order valence-electron chi connectivity index (χ3n) is 3.76. The predicted molar refractivity (Wildman–Crippen MR) is 94.8 cm³/mol. The smallest absolute Gasteiger partial charge is 0.550 e. The molecule has 0 atom stereocenters. The summed E-state index contributed by atoms with van der Waals surface area (Å²) in [7, 11) is 0. The van der Waals surface area contributed by atoms with Crippen LogP contribution in [0.5, 0.6) is 0 Å². The predicted octanol–water partition coefficient (Wildman–Crippen LogP) is -44.4. The van der Waals surface area contributed by atoms with Crippen LogP contribution < -0.4 is 312 Å². The van der Waals surface area contributed by atoms with Gasteiger partial charge < -0.3 is 115 Å². The summed E-state index contributed by atoms with van der Waals surface area (Å²) in [5.74, 6) is -18.0. The van der Waals surface area contributed by atoms with Gasteiger partial charge in [-0.25, -0.2) is 0 Å². The molecule has 32 heteroatoms. The van der Waals surface area contributed by atoms with Crippen LogP contribution in [0.25, 0.3) is 0 Å². The van der Waals surface area contributed by atoms with Gasteiger partial charge in [0.15, 0.2) is 0 Å². The zero-order valence-electron chi connectivity index (χ0n) is 28.9. The number of carbonyl (C=O) groups is 9. The summed E-state index contributed by atoms with van der Waals surface area (Å²) in [5, 5.41) is 117. The Balaban J connectivity index is -0.0000000292. The second-order valence-corrected chi connectivity index (χ2v) is 7.25. The Morgan fingerprint density at radius 2 is 0.380 bits per heavy atom. The van der Waals surface area contributed by atoms with Crippen LogP contribution in [0.4, 0.5) is 0 Å². The fraction of sp³-hybridized carbons (Fsp3) is 0.500. The number of rotatable bonds is 15. The SMILES string of the molecule is O.O.O=C([O-])CC(O)(CC(=O)[O-])C(=O)[O-].O=C([O-])CC(O)(CC(=O)[O-])C(=O)[O-].O=C([O-])CC(O)(CC(=O)[O-])C(=O)[O-].[Na+].[Na+].[Na+].[Na+].[Na+].[Na+].[Na+].[Na+].[Na+]. The van der Waals surface area contributed by atoms with E-state index in [0.29, 0.717) is 0 Å². The van der Waals surface area contributed by atoms with Crippen LogP contribution in [-0.4, -0.2) is 96.8 Å². The summed E-state index contributed by atoms with van der Waals surface area (Å²) >= 11 is 0. The second-order valence-electron chi connectivity index (χ2n) is 7.25. The number of aliphatic hydroxyl groups is 3. The Morgan fingerprint density at radius 1 is 0.300 bits per heavy atom. The number of hydrogen-bond acceptors (Lipinski definition) is 21. The van der Waals surface area contributed by atoms with Crippen molar-refractivity contribution in [3.8, 4) is 0 Å². The van der Waals surface area contributed by atoms with Crippen molar-refractivity contribution in [1.29, 1.82) is 0 Å². The van der Waals surface area contributed by atoms with Gasteiger partial charge in [-0.15, -0.1) is 0 Å². The molecule has 0 aromatic carbocycles. The van der Waals surface area contributed by atoms with Crippen molar-refractivity contribution in [3.63, 3.8) is 0 Å². The first-order chi connectivity index (χ1) is 17.3. The first-order valence-corrected chi connectivity index (χ1v) is 9.34. The van der Waals surface area contributed by atoms with Crippen molar-refractivity contribution in [2.24, 2.45) is 0 Å². The van der Waals surface area contributed by atoms with Crippen molar-refractivity contribution in [2.75, 3.05) is 0 Å². The summed E-state index contributed by atoms with van der Waals surface area (Å²) < 4.78 is 0. The molecule has 0 saturated carbocycles. The standard InChI is InChI=1S/3C6H8O7.9Na.2H2O/c3*7-3(8)1-6(13,5(11)12)2-4(9)10;;;;;;;;;;;/h3*13H,1-2H2,(H,7,8)(H,9,10)(H,11,12);;;;;;;;;;2*1H2/q;;;9*+1;;/p-9. The molecule has 0 aromatic heterocycles. The molecule has 0 aliphatic carbocycles. The molecular weight excluding hydrogens is 791 g/mol. The quantitative estimate of drug-likeness (QED) is 0.129. The van der Waals surface area contributed by atoms with Gasteiger partial charge in [-0.05, 0) is 0 Å². The Morgan fingerprint density at radius 3 is 0.420 bits per heavy atom. The molecule has 50 heavy (non-hydrogen) atoms. The monoisotopic (exact) mass is 810 g/mol. The zero-order chi connectivity index (χ0) is 31.9. The van der Waals surface area contributed by atoms with E-state index in [1.165, 1.54) is 0 Å². The van der Waals surface area contributed by atoms with Crippen molar-refractivity contribution < 1.29 is 381 Å². The van der Waals surface area contributed by atoms with Crippen LogP contribution in [0.15, 0.2) is 0 Å². The molecule has 0 unspecified atom stereocenters. The Bertz CT molecular complexity index is 841. The topological polar surface area (TPSA) is 485 Å². The van der Waals surface area contributed by atoms with Gasteiger partial charge in [-0.2, -0.15) is 0 Å². The normalized spacial score (nSPS) is 8.46. The van der Waals surface area contributed by atoms with Crippen molar-refractivity contribution >= 4 is 53.7 Å². The maximum atomic E-state index is 10.1. The average Bonchev–Trinajstić information content (AvgIpc) is 2.64. The number of carboxylic acid groups (broad SMARTS) is 9. The summed E-state index contributed by atoms with van der Waals surface area (Å²) in [4.78, 5) is 90.0. The van der Waals surface area contributed by atoms with Crippen LogP contribution in [0.3, 0.4) is 0 Å². The number of carbonyl (C=O) groups excluding carboxylic acids is 9. The van der Waals surface area contributed by atoms with Gasteiger partial charge in [0.2, 0.25) is 0 Å². The van der Waals surface area contributed by atoms with E-state index in [-0.39, 0.29) is 277 Å². The summed E-state index contributed by atoms with van der Waals surface area (Å²) in [5.41, 5.74) is -8.92. The van der Waals surface area contributed by atoms with Gasteiger partial charge in [-0.1, -0.05) is 0 Å². The Hall–Kier alpha value is 4.03. The van der Waals surface area contributed by atoms with Crippen LogP contribution >= 0.6 is 0 Å². The van der Waals surface area contributed by atoms with E-state index in [1.807, 2.05) is 0 Å². The molecule has 0 saturated heterocycles. The summed E-state index contributed by atoms with van der Waals surface area (Å²) in [6, 6.07) is 0. The fourth-order valence-electron chi connectivity index (χ4n) is 2.05. The number of aliphatic carboxylic acids is 9. The van der Waals surface area contributed by atoms with Crippen LogP contribution in [-0.2, 0) is 43.2 Å². The second kappa shape index (κ2) is 47.4. The molecule has 0 bridgehead atoms. The molecule has 7 N–H and O–H groups in total. The molecule has 0 spiro atoms. The Kier molecular flexibility index (Phi) is 89.9. The van der Waals surface area contributed by atoms with E-state index in [1.54, 1.807) is 0 Å². The third-order valence-corrected chi connectivity index (χ3v) is 3.76. The van der Waals surface area contributed by atoms with Crippen molar-refractivity contribution in [1.82, 2.24) is 0 Å². The first kappa shape index (κ1) is 94.8. The molecule has 23 nitrogen and oxygen atoms in total. The molecule has 0 aliphatic rings. The minimum Gasteiger partial charge on any atom is -0.550 e. The maximum absolute atomic E-state index is 10.1. The van der Waals surface area contributed by atoms with Gasteiger partial charge >= 0.3 is 266 Å². The van der Waals surface area contributed by atoms with E-state index >= 15 is 0 Å². The van der Waals surface area contributed by atoms with Gasteiger partial charge in [0.25, 0.3) is 0 Å². The molecule has 0 aromatic rings. The van der Waals surface area contributed by atoms with Gasteiger partial charge in [-0.3, -0.25) is 0 Å². The molecule has 0 amide bonds. The number of carboxylic acids is 9. The molecule has 0 aliphatic heterocycles. The summed E-state index contributed by atoms with van der Waals surface area (Å²) in [6.07, 6.45) is -8.15. The van der Waals surface area contributed by atoms with E-state index in [2.05, 4.69) is 0 Å². The fourth-order valence-corrected chi connectivity index (χ4v) is 2.05. The summed E-state index contributed by atoms with van der Waals surface area (Å²) in [6.45, 7) is 0. The van der Waals surface area contributed by atoms with Gasteiger partial charge in [0.05, 0.1) is 17.9 Å². The largest absolute Gasteiger partial charge is 1.00 e. The van der Waals surface area contributed by atoms with Crippen LogP contribution in [0.2, 0.25) is 0 Å². The maximum Gasteiger partial charge on any atom is 1.00 e. The first-order valence-electron chi connectivity index (χ1n) is 9.34. The minimum absolute atomic E-state index is 0. The van der Waals surface area contributed by atoms with E-state index in [0.717, 1.165) is 0 Å². The van der Waals surface area contributed by atoms with Crippen LogP contribution in [0, 0.1) is 0 Å². The van der Waals surface area contributed by atoms with E-state index < -0.39 is 109 Å². The average molecular weight is 810 g/mol. The molecule has 0 radical (unpaired) electrons. The molecular formula is C18H19Na9O23. The third kappa shape index (κ3) is 50.0. The molecule has 238 valence electrons. The zero-order valence-corrected chi connectivity index (χ0v) is 46.9. The molecule has 0 heterocycles. The van der Waals surface area contributed by atoms with Crippen molar-refractivity contribution in [3.05, 3.63) is 0 Å². The number of hydrogen-bond donors (Lipinski definition) is 3. The minimum atomic E-state index is -2.97. The van der Waals surface area contributed by atoms with E-state index in [4.69, 9.17) is 15.3 Å². The van der Waals surface area contributed by atoms with Gasteiger partial charge in [0, 0.05) is 74.3 Å². The van der Waals surface area contributed by atoms with Crippen molar-refractivity contribution in [2.45, 2.75) is 55.3 Å². The molecule has 0 rings (SSSR count). The van der Waals surface area contributed by atoms with Gasteiger partial charge in [0.1, 0.15) is 16.8 Å².